The van der Waals surface area contributed by atoms with Crippen molar-refractivity contribution in [2.24, 2.45) is 0 Å². The fourth-order valence-electron chi connectivity index (χ4n) is 2.05. The molecular formula is C14H26N4. The molecule has 0 aliphatic carbocycles. The van der Waals surface area contributed by atoms with E-state index in [1.165, 1.54) is 18.7 Å². The van der Waals surface area contributed by atoms with Gasteiger partial charge in [-0.1, -0.05) is 26.8 Å². The highest BCUT2D eigenvalue weighted by Crippen LogP contribution is 2.08. The van der Waals surface area contributed by atoms with Crippen molar-refractivity contribution in [3.05, 3.63) is 23.9 Å². The zero-order chi connectivity index (χ0) is 13.4. The van der Waals surface area contributed by atoms with Gasteiger partial charge in [-0.15, -0.1) is 0 Å². The summed E-state index contributed by atoms with van der Waals surface area (Å²) in [4.78, 5) is 9.07. The Hall–Kier alpha value is -1.13. The molecule has 1 saturated heterocycles. The van der Waals surface area contributed by atoms with E-state index in [9.17, 15) is 0 Å². The quantitative estimate of drug-likeness (QED) is 0.889. The van der Waals surface area contributed by atoms with Crippen LogP contribution in [0.2, 0.25) is 0 Å². The van der Waals surface area contributed by atoms with E-state index >= 15 is 0 Å². The number of nitrogens with zero attached hydrogens (tertiary/aromatic N) is 3. The molecule has 0 unspecified atom stereocenters. The normalized spacial score (nSPS) is 17.1. The average molecular weight is 250 g/mol. The lowest BCUT2D eigenvalue weighted by atomic mass is 10.2. The van der Waals surface area contributed by atoms with Gasteiger partial charge in [-0.05, 0) is 18.2 Å². The van der Waals surface area contributed by atoms with Crippen LogP contribution >= 0.6 is 0 Å². The van der Waals surface area contributed by atoms with E-state index in [-0.39, 0.29) is 0 Å². The molecule has 2 rings (SSSR count). The summed E-state index contributed by atoms with van der Waals surface area (Å²) in [6, 6.07) is 3.94. The number of hydrogen-bond donors (Lipinski definition) is 1. The van der Waals surface area contributed by atoms with Gasteiger partial charge in [-0.2, -0.15) is 0 Å². The molecule has 0 radical (unpaired) electrons. The number of piperazine rings is 1. The second kappa shape index (κ2) is 8.06. The van der Waals surface area contributed by atoms with Crippen LogP contribution in [0.4, 0.5) is 5.82 Å². The van der Waals surface area contributed by atoms with Gasteiger partial charge in [0.15, 0.2) is 0 Å². The molecule has 0 aromatic carbocycles. The monoisotopic (exact) mass is 250 g/mol. The maximum atomic E-state index is 5.56. The second-order valence-electron chi connectivity index (χ2n) is 4.30. The van der Waals surface area contributed by atoms with Crippen molar-refractivity contribution in [3.8, 4) is 0 Å². The first-order valence-electron chi connectivity index (χ1n) is 6.93. The number of pyridine rings is 1. The Labute approximate surface area is 111 Å². The first-order chi connectivity index (χ1) is 8.78. The van der Waals surface area contributed by atoms with E-state index in [1.54, 1.807) is 0 Å². The lowest BCUT2D eigenvalue weighted by Gasteiger charge is -2.33. The van der Waals surface area contributed by atoms with Crippen LogP contribution in [0, 0.1) is 0 Å². The van der Waals surface area contributed by atoms with Crippen LogP contribution in [-0.4, -0.2) is 47.5 Å². The standard InChI is InChI=1S/C12H20N4.C2H6/c1-2-15-5-7-16(8-6-15)10-11-3-4-12(13)14-9-11;1-2/h3-4,9H,2,5-8,10H2,1H3,(H2,13,14);1-2H3. The number of rotatable bonds is 3. The SMILES string of the molecule is CC.CCN1CCN(Cc2ccc(N)nc2)CC1. The number of aromatic nitrogens is 1. The van der Waals surface area contributed by atoms with E-state index in [4.69, 9.17) is 5.73 Å². The molecule has 0 spiro atoms. The lowest BCUT2D eigenvalue weighted by Crippen LogP contribution is -2.45. The Morgan fingerprint density at radius 2 is 1.72 bits per heavy atom. The molecule has 102 valence electrons. The molecule has 1 aromatic heterocycles. The summed E-state index contributed by atoms with van der Waals surface area (Å²) in [5.41, 5.74) is 6.81. The van der Waals surface area contributed by atoms with Gasteiger partial charge in [-0.25, -0.2) is 4.98 Å². The minimum Gasteiger partial charge on any atom is -0.384 e. The van der Waals surface area contributed by atoms with E-state index in [0.29, 0.717) is 5.82 Å². The van der Waals surface area contributed by atoms with Crippen molar-refractivity contribution in [3.63, 3.8) is 0 Å². The molecule has 2 N–H and O–H groups in total. The van der Waals surface area contributed by atoms with Crippen molar-refractivity contribution in [2.75, 3.05) is 38.5 Å². The minimum atomic E-state index is 0.597. The van der Waals surface area contributed by atoms with Crippen LogP contribution in [0.3, 0.4) is 0 Å². The highest BCUT2D eigenvalue weighted by Gasteiger charge is 2.15. The van der Waals surface area contributed by atoms with Crippen molar-refractivity contribution >= 4 is 5.82 Å². The molecule has 1 aliphatic rings. The van der Waals surface area contributed by atoms with E-state index in [2.05, 4.69) is 27.8 Å². The van der Waals surface area contributed by atoms with Crippen LogP contribution in [0.1, 0.15) is 26.3 Å². The molecule has 0 atom stereocenters. The summed E-state index contributed by atoms with van der Waals surface area (Å²) >= 11 is 0. The third-order valence-corrected chi connectivity index (χ3v) is 3.17. The highest BCUT2D eigenvalue weighted by atomic mass is 15.3. The topological polar surface area (TPSA) is 45.4 Å². The predicted octanol–water partition coefficient (Wildman–Crippen LogP) is 1.83. The van der Waals surface area contributed by atoms with Gasteiger partial charge in [0.25, 0.3) is 0 Å². The summed E-state index contributed by atoms with van der Waals surface area (Å²) in [6.07, 6.45) is 1.88. The maximum Gasteiger partial charge on any atom is 0.123 e. The number of nitrogen functional groups attached to an aromatic ring is 1. The first kappa shape index (κ1) is 14.9. The highest BCUT2D eigenvalue weighted by molar-refractivity contribution is 5.29. The number of hydrogen-bond acceptors (Lipinski definition) is 4. The lowest BCUT2D eigenvalue weighted by molar-refractivity contribution is 0.132. The van der Waals surface area contributed by atoms with Crippen LogP contribution < -0.4 is 5.73 Å². The smallest absolute Gasteiger partial charge is 0.123 e. The third-order valence-electron chi connectivity index (χ3n) is 3.17. The molecule has 0 bridgehead atoms. The Kier molecular flexibility index (Phi) is 6.68. The molecule has 1 fully saturated rings. The molecule has 18 heavy (non-hydrogen) atoms. The number of likely N-dealkylation sites (N-methyl/N-ethyl adjacent to an activating group) is 1. The van der Waals surface area contributed by atoms with Gasteiger partial charge in [0.2, 0.25) is 0 Å². The fourth-order valence-corrected chi connectivity index (χ4v) is 2.05. The van der Waals surface area contributed by atoms with Crippen molar-refractivity contribution in [1.29, 1.82) is 0 Å². The minimum absolute atomic E-state index is 0.597. The number of nitrogens with two attached hydrogens (primary N) is 1. The van der Waals surface area contributed by atoms with Gasteiger partial charge in [0, 0.05) is 38.9 Å². The second-order valence-corrected chi connectivity index (χ2v) is 4.30. The zero-order valence-electron chi connectivity index (χ0n) is 11.9. The molecule has 0 amide bonds. The Morgan fingerprint density at radius 1 is 1.11 bits per heavy atom. The number of anilines is 1. The molecular weight excluding hydrogens is 224 g/mol. The van der Waals surface area contributed by atoms with Crippen molar-refractivity contribution in [1.82, 2.24) is 14.8 Å². The summed E-state index contributed by atoms with van der Waals surface area (Å²) in [5, 5.41) is 0. The Morgan fingerprint density at radius 3 is 2.22 bits per heavy atom. The van der Waals surface area contributed by atoms with Crippen LogP contribution in [0.15, 0.2) is 18.3 Å². The summed E-state index contributed by atoms with van der Waals surface area (Å²) in [5.74, 6) is 0.597. The van der Waals surface area contributed by atoms with E-state index in [1.807, 2.05) is 26.1 Å². The summed E-state index contributed by atoms with van der Waals surface area (Å²) < 4.78 is 0. The molecule has 1 aromatic rings. The first-order valence-corrected chi connectivity index (χ1v) is 6.93. The summed E-state index contributed by atoms with van der Waals surface area (Å²) in [7, 11) is 0. The van der Waals surface area contributed by atoms with Crippen molar-refractivity contribution in [2.45, 2.75) is 27.3 Å². The van der Waals surface area contributed by atoms with Crippen molar-refractivity contribution < 1.29 is 0 Å². The molecule has 2 heterocycles. The van der Waals surface area contributed by atoms with Crippen LogP contribution in [-0.2, 0) is 6.54 Å². The largest absolute Gasteiger partial charge is 0.384 e. The van der Waals surface area contributed by atoms with Gasteiger partial charge in [0.05, 0.1) is 0 Å². The third kappa shape index (κ3) is 4.63. The van der Waals surface area contributed by atoms with Gasteiger partial charge in [-0.3, -0.25) is 4.90 Å². The van der Waals surface area contributed by atoms with E-state index < -0.39 is 0 Å². The molecule has 4 heteroatoms. The predicted molar refractivity (Wildman–Crippen MR) is 77.4 cm³/mol. The Balaban J connectivity index is 0.000000771. The maximum absolute atomic E-state index is 5.56. The van der Waals surface area contributed by atoms with Gasteiger partial charge < -0.3 is 10.6 Å². The van der Waals surface area contributed by atoms with Crippen LogP contribution in [0.25, 0.3) is 0 Å². The zero-order valence-corrected chi connectivity index (χ0v) is 11.9. The Bertz CT molecular complexity index is 315. The average Bonchev–Trinajstić information content (AvgIpc) is 2.44. The van der Waals surface area contributed by atoms with E-state index in [0.717, 1.165) is 26.2 Å². The fraction of sp³-hybridized carbons (Fsp3) is 0.643. The molecule has 0 saturated carbocycles. The molecule has 1 aliphatic heterocycles. The van der Waals surface area contributed by atoms with Crippen LogP contribution in [0.5, 0.6) is 0 Å². The molecule has 4 nitrogen and oxygen atoms in total. The van der Waals surface area contributed by atoms with Gasteiger partial charge in [0.1, 0.15) is 5.82 Å². The van der Waals surface area contributed by atoms with Gasteiger partial charge >= 0.3 is 0 Å². The summed E-state index contributed by atoms with van der Waals surface area (Å²) in [6.45, 7) is 13.0.